The summed E-state index contributed by atoms with van der Waals surface area (Å²) in [5, 5.41) is 1.03. The highest BCUT2D eigenvalue weighted by Crippen LogP contribution is 2.20. The van der Waals surface area contributed by atoms with Crippen LogP contribution in [-0.4, -0.2) is 4.98 Å². The maximum absolute atomic E-state index is 6.09. The molecule has 2 nitrogen and oxygen atoms in total. The number of benzene rings is 2. The maximum atomic E-state index is 6.09. The largest absolute Gasteiger partial charge is 0.398 e. The van der Waals surface area contributed by atoms with Gasteiger partial charge in [-0.25, -0.2) is 0 Å². The highest BCUT2D eigenvalue weighted by atomic mass is 14.7. The molecule has 19 heavy (non-hydrogen) atoms. The van der Waals surface area contributed by atoms with E-state index in [1.54, 1.807) is 0 Å². The zero-order chi connectivity index (χ0) is 13.1. The normalized spacial score (nSPS) is 10.7. The fourth-order valence-electron chi connectivity index (χ4n) is 2.30. The van der Waals surface area contributed by atoms with Crippen LogP contribution in [0.15, 0.2) is 60.7 Å². The Morgan fingerprint density at radius 3 is 2.42 bits per heavy atom. The molecular formula is C17H16N2. The Bertz CT molecular complexity index is 690. The summed E-state index contributed by atoms with van der Waals surface area (Å²) in [7, 11) is 0. The summed E-state index contributed by atoms with van der Waals surface area (Å²) in [5.74, 6) is 0. The third-order valence-corrected chi connectivity index (χ3v) is 3.31. The van der Waals surface area contributed by atoms with E-state index in [0.29, 0.717) is 0 Å². The van der Waals surface area contributed by atoms with Gasteiger partial charge >= 0.3 is 0 Å². The second kappa shape index (κ2) is 5.11. The number of rotatable bonds is 3. The highest BCUT2D eigenvalue weighted by Gasteiger charge is 2.03. The first-order valence-corrected chi connectivity index (χ1v) is 6.51. The molecule has 0 aliphatic carbocycles. The Balaban J connectivity index is 1.85. The molecule has 0 atom stereocenters. The van der Waals surface area contributed by atoms with E-state index >= 15 is 0 Å². The van der Waals surface area contributed by atoms with Crippen molar-refractivity contribution in [2.75, 3.05) is 5.73 Å². The molecule has 94 valence electrons. The van der Waals surface area contributed by atoms with Crippen molar-refractivity contribution in [2.24, 2.45) is 0 Å². The van der Waals surface area contributed by atoms with Gasteiger partial charge in [-0.15, -0.1) is 0 Å². The molecule has 2 aromatic carbocycles. The quantitative estimate of drug-likeness (QED) is 0.769. The summed E-state index contributed by atoms with van der Waals surface area (Å²) in [4.78, 5) is 4.67. The molecule has 0 aliphatic rings. The average Bonchev–Trinajstić information content (AvgIpc) is 2.46. The van der Waals surface area contributed by atoms with Gasteiger partial charge in [0, 0.05) is 16.8 Å². The molecule has 0 radical (unpaired) electrons. The van der Waals surface area contributed by atoms with E-state index in [2.05, 4.69) is 29.2 Å². The van der Waals surface area contributed by atoms with Gasteiger partial charge in [-0.1, -0.05) is 48.5 Å². The zero-order valence-corrected chi connectivity index (χ0v) is 10.7. The lowest BCUT2D eigenvalue weighted by molar-refractivity contribution is 0.923. The molecule has 0 spiro atoms. The van der Waals surface area contributed by atoms with Crippen molar-refractivity contribution >= 4 is 16.6 Å². The zero-order valence-electron chi connectivity index (χ0n) is 10.7. The number of nitrogen functional groups attached to an aromatic ring is 1. The van der Waals surface area contributed by atoms with Crippen molar-refractivity contribution in [3.63, 3.8) is 0 Å². The first-order valence-electron chi connectivity index (χ1n) is 6.51. The Kier molecular flexibility index (Phi) is 3.15. The molecule has 0 aliphatic heterocycles. The summed E-state index contributed by atoms with van der Waals surface area (Å²) in [6, 6.07) is 20.5. The summed E-state index contributed by atoms with van der Waals surface area (Å²) in [6.07, 6.45) is 1.91. The minimum Gasteiger partial charge on any atom is -0.398 e. The van der Waals surface area contributed by atoms with Crippen LogP contribution in [0.2, 0.25) is 0 Å². The number of hydrogen-bond acceptors (Lipinski definition) is 2. The van der Waals surface area contributed by atoms with Crippen LogP contribution in [0.1, 0.15) is 11.3 Å². The fourth-order valence-corrected chi connectivity index (χ4v) is 2.30. The SMILES string of the molecule is Nc1cc(CCc2ccccc2)nc2ccccc12. The van der Waals surface area contributed by atoms with Crippen molar-refractivity contribution in [1.29, 1.82) is 0 Å². The molecule has 3 aromatic rings. The summed E-state index contributed by atoms with van der Waals surface area (Å²) < 4.78 is 0. The molecule has 1 aromatic heterocycles. The minimum absolute atomic E-state index is 0.814. The van der Waals surface area contributed by atoms with Crippen molar-refractivity contribution < 1.29 is 0 Å². The Morgan fingerprint density at radius 1 is 0.842 bits per heavy atom. The van der Waals surface area contributed by atoms with Crippen molar-refractivity contribution in [2.45, 2.75) is 12.8 Å². The number of nitrogens with zero attached hydrogens (tertiary/aromatic N) is 1. The van der Waals surface area contributed by atoms with Gasteiger partial charge in [0.2, 0.25) is 0 Å². The third kappa shape index (κ3) is 2.58. The van der Waals surface area contributed by atoms with E-state index in [0.717, 1.165) is 35.1 Å². The summed E-state index contributed by atoms with van der Waals surface area (Å²) >= 11 is 0. The van der Waals surface area contributed by atoms with Crippen LogP contribution < -0.4 is 5.73 Å². The topological polar surface area (TPSA) is 38.9 Å². The molecule has 0 saturated carbocycles. The molecular weight excluding hydrogens is 232 g/mol. The summed E-state index contributed by atoms with van der Waals surface area (Å²) in [5.41, 5.74) is 10.3. The lowest BCUT2D eigenvalue weighted by atomic mass is 10.1. The molecule has 0 saturated heterocycles. The smallest absolute Gasteiger partial charge is 0.0725 e. The molecule has 1 heterocycles. The average molecular weight is 248 g/mol. The third-order valence-electron chi connectivity index (χ3n) is 3.31. The van der Waals surface area contributed by atoms with Gasteiger partial charge in [-0.2, -0.15) is 0 Å². The van der Waals surface area contributed by atoms with E-state index in [9.17, 15) is 0 Å². The Hall–Kier alpha value is -2.35. The van der Waals surface area contributed by atoms with Crippen molar-refractivity contribution in [1.82, 2.24) is 4.98 Å². The Labute approximate surface area is 112 Å². The lowest BCUT2D eigenvalue weighted by Gasteiger charge is -2.06. The van der Waals surface area contributed by atoms with Gasteiger partial charge in [-0.3, -0.25) is 4.98 Å². The molecule has 0 fully saturated rings. The van der Waals surface area contributed by atoms with Crippen LogP contribution in [0.5, 0.6) is 0 Å². The summed E-state index contributed by atoms with van der Waals surface area (Å²) in [6.45, 7) is 0. The van der Waals surface area contributed by atoms with Crippen LogP contribution in [0, 0.1) is 0 Å². The number of para-hydroxylation sites is 1. The van der Waals surface area contributed by atoms with Crippen LogP contribution >= 0.6 is 0 Å². The van der Waals surface area contributed by atoms with Crippen LogP contribution in [0.3, 0.4) is 0 Å². The van der Waals surface area contributed by atoms with Gasteiger partial charge in [0.25, 0.3) is 0 Å². The number of anilines is 1. The molecule has 3 rings (SSSR count). The first-order chi connectivity index (χ1) is 9.33. The van der Waals surface area contributed by atoms with Crippen LogP contribution in [0.4, 0.5) is 5.69 Å². The number of aryl methyl sites for hydroxylation is 2. The monoisotopic (exact) mass is 248 g/mol. The standard InChI is InChI=1S/C17H16N2/c18-16-12-14(11-10-13-6-2-1-3-7-13)19-17-9-5-4-8-15(16)17/h1-9,12H,10-11H2,(H2,18,19). The van der Waals surface area contributed by atoms with Gasteiger partial charge in [0.1, 0.15) is 0 Å². The minimum atomic E-state index is 0.814. The van der Waals surface area contributed by atoms with Crippen LogP contribution in [-0.2, 0) is 12.8 Å². The predicted octanol–water partition coefficient (Wildman–Crippen LogP) is 3.60. The maximum Gasteiger partial charge on any atom is 0.0725 e. The van der Waals surface area contributed by atoms with E-state index in [-0.39, 0.29) is 0 Å². The number of nitrogens with two attached hydrogens (primary N) is 1. The molecule has 2 heteroatoms. The highest BCUT2D eigenvalue weighted by molar-refractivity contribution is 5.90. The Morgan fingerprint density at radius 2 is 1.58 bits per heavy atom. The van der Waals surface area contributed by atoms with E-state index in [4.69, 9.17) is 5.73 Å². The molecule has 0 amide bonds. The molecule has 2 N–H and O–H groups in total. The first kappa shape index (κ1) is 11.7. The lowest BCUT2D eigenvalue weighted by Crippen LogP contribution is -1.98. The second-order valence-corrected chi connectivity index (χ2v) is 4.71. The number of aromatic nitrogens is 1. The second-order valence-electron chi connectivity index (χ2n) is 4.71. The van der Waals surface area contributed by atoms with Crippen molar-refractivity contribution in [3.8, 4) is 0 Å². The van der Waals surface area contributed by atoms with E-state index in [1.807, 2.05) is 36.4 Å². The predicted molar refractivity (Wildman–Crippen MR) is 80.0 cm³/mol. The van der Waals surface area contributed by atoms with Crippen LogP contribution in [0.25, 0.3) is 10.9 Å². The number of pyridine rings is 1. The fraction of sp³-hybridized carbons (Fsp3) is 0.118. The van der Waals surface area contributed by atoms with Gasteiger partial charge in [-0.05, 0) is 30.5 Å². The van der Waals surface area contributed by atoms with Gasteiger partial charge in [0.05, 0.1) is 5.52 Å². The van der Waals surface area contributed by atoms with Gasteiger partial charge < -0.3 is 5.73 Å². The van der Waals surface area contributed by atoms with E-state index in [1.165, 1.54) is 5.56 Å². The molecule has 0 unspecified atom stereocenters. The van der Waals surface area contributed by atoms with Crippen molar-refractivity contribution in [3.05, 3.63) is 71.9 Å². The number of fused-ring (bicyclic) bond motifs is 1. The van der Waals surface area contributed by atoms with E-state index < -0.39 is 0 Å². The van der Waals surface area contributed by atoms with Gasteiger partial charge in [0.15, 0.2) is 0 Å². The molecule has 0 bridgehead atoms. The number of hydrogen-bond donors (Lipinski definition) is 1.